The molecule has 1 heterocycles. The molecule has 0 unspecified atom stereocenters. The summed E-state index contributed by atoms with van der Waals surface area (Å²) in [5, 5.41) is 15.7. The molecule has 0 fully saturated rings. The number of benzene rings is 1. The lowest BCUT2D eigenvalue weighted by atomic mass is 10.0. The highest BCUT2D eigenvalue weighted by atomic mass is 16.5. The first-order valence-corrected chi connectivity index (χ1v) is 5.93. The second-order valence-electron chi connectivity index (χ2n) is 4.51. The van der Waals surface area contributed by atoms with Crippen molar-refractivity contribution in [2.45, 2.75) is 20.3 Å². The van der Waals surface area contributed by atoms with Gasteiger partial charge in [-0.1, -0.05) is 6.07 Å². The van der Waals surface area contributed by atoms with E-state index in [1.807, 2.05) is 26.0 Å². The number of nitrogens with zero attached hydrogens (tertiary/aromatic N) is 1. The molecule has 0 spiro atoms. The first-order valence-electron chi connectivity index (χ1n) is 5.93. The van der Waals surface area contributed by atoms with Crippen LogP contribution in [0, 0.1) is 13.8 Å². The minimum absolute atomic E-state index is 0.0693. The van der Waals surface area contributed by atoms with Crippen LogP contribution in [0.1, 0.15) is 16.8 Å². The number of nitrogens with one attached hydrogen (secondary N) is 1. The molecule has 0 atom stereocenters. The van der Waals surface area contributed by atoms with E-state index in [1.165, 1.54) is 0 Å². The average Bonchev–Trinajstić information content (AvgIpc) is 2.75. The molecule has 5 heteroatoms. The Morgan fingerprint density at radius 1 is 1.37 bits per heavy atom. The van der Waals surface area contributed by atoms with Crippen LogP contribution < -0.4 is 4.74 Å². The number of H-pyrrole nitrogens is 1. The van der Waals surface area contributed by atoms with Gasteiger partial charge in [0.2, 0.25) is 0 Å². The van der Waals surface area contributed by atoms with Crippen molar-refractivity contribution in [1.82, 2.24) is 10.2 Å². The molecule has 0 radical (unpaired) electrons. The lowest BCUT2D eigenvalue weighted by Gasteiger charge is -2.10. The normalized spacial score (nSPS) is 10.5. The second kappa shape index (κ2) is 5.14. The van der Waals surface area contributed by atoms with Gasteiger partial charge in [0, 0.05) is 11.3 Å². The highest BCUT2D eigenvalue weighted by Crippen LogP contribution is 2.33. The fourth-order valence-electron chi connectivity index (χ4n) is 2.17. The summed E-state index contributed by atoms with van der Waals surface area (Å²) in [6.07, 6.45) is -0.0693. The summed E-state index contributed by atoms with van der Waals surface area (Å²) in [5.74, 6) is -0.124. The Bertz CT molecular complexity index is 617. The number of ether oxygens (including phenoxy) is 1. The largest absolute Gasteiger partial charge is 0.496 e. The van der Waals surface area contributed by atoms with Crippen molar-refractivity contribution in [2.24, 2.45) is 0 Å². The van der Waals surface area contributed by atoms with Crippen LogP contribution in [0.3, 0.4) is 0 Å². The van der Waals surface area contributed by atoms with E-state index in [0.717, 1.165) is 22.4 Å². The lowest BCUT2D eigenvalue weighted by molar-refractivity contribution is -0.136. The van der Waals surface area contributed by atoms with Gasteiger partial charge >= 0.3 is 5.97 Å². The van der Waals surface area contributed by atoms with E-state index in [2.05, 4.69) is 10.2 Å². The fourth-order valence-corrected chi connectivity index (χ4v) is 2.17. The van der Waals surface area contributed by atoms with Crippen LogP contribution in [0.5, 0.6) is 5.75 Å². The summed E-state index contributed by atoms with van der Waals surface area (Å²) in [4.78, 5) is 10.7. The standard InChI is InChI=1S/C14H16N2O3/c1-8-4-9(2)14(19-3)11(5-8)12-6-10(15-16-12)7-13(17)18/h4-6H,7H2,1-3H3,(H,15,16)(H,17,18). The van der Waals surface area contributed by atoms with Crippen molar-refractivity contribution in [2.75, 3.05) is 7.11 Å². The molecule has 0 bridgehead atoms. The number of carboxylic acid groups (broad SMARTS) is 1. The van der Waals surface area contributed by atoms with E-state index in [4.69, 9.17) is 9.84 Å². The molecule has 0 amide bonds. The Morgan fingerprint density at radius 3 is 2.74 bits per heavy atom. The van der Waals surface area contributed by atoms with E-state index >= 15 is 0 Å². The first-order chi connectivity index (χ1) is 9.01. The zero-order chi connectivity index (χ0) is 14.0. The van der Waals surface area contributed by atoms with E-state index in [-0.39, 0.29) is 6.42 Å². The maximum Gasteiger partial charge on any atom is 0.309 e. The van der Waals surface area contributed by atoms with E-state index in [0.29, 0.717) is 11.4 Å². The minimum Gasteiger partial charge on any atom is -0.496 e. The van der Waals surface area contributed by atoms with Crippen LogP contribution >= 0.6 is 0 Å². The third kappa shape index (κ3) is 2.76. The van der Waals surface area contributed by atoms with Crippen molar-refractivity contribution < 1.29 is 14.6 Å². The predicted molar refractivity (Wildman–Crippen MR) is 71.4 cm³/mol. The zero-order valence-corrected chi connectivity index (χ0v) is 11.2. The maximum absolute atomic E-state index is 10.7. The van der Waals surface area contributed by atoms with Crippen LogP contribution in [0.15, 0.2) is 18.2 Å². The smallest absolute Gasteiger partial charge is 0.309 e. The molecule has 2 rings (SSSR count). The summed E-state index contributed by atoms with van der Waals surface area (Å²) in [7, 11) is 1.62. The van der Waals surface area contributed by atoms with E-state index < -0.39 is 5.97 Å². The molecule has 0 aliphatic heterocycles. The third-order valence-electron chi connectivity index (χ3n) is 2.87. The molecule has 1 aromatic heterocycles. The average molecular weight is 260 g/mol. The molecule has 2 aromatic rings. The molecule has 5 nitrogen and oxygen atoms in total. The molecule has 100 valence electrons. The van der Waals surface area contributed by atoms with Gasteiger partial charge in [-0.05, 0) is 37.1 Å². The summed E-state index contributed by atoms with van der Waals surface area (Å²) in [6, 6.07) is 5.75. The molecule has 0 aliphatic carbocycles. The molecular weight excluding hydrogens is 244 g/mol. The van der Waals surface area contributed by atoms with Crippen LogP contribution in [0.25, 0.3) is 11.3 Å². The van der Waals surface area contributed by atoms with E-state index in [9.17, 15) is 4.79 Å². The molecular formula is C14H16N2O3. The van der Waals surface area contributed by atoms with Crippen molar-refractivity contribution >= 4 is 5.97 Å². The summed E-state index contributed by atoms with van der Waals surface area (Å²) in [6.45, 7) is 3.97. The number of aromatic amines is 1. The lowest BCUT2D eigenvalue weighted by Crippen LogP contribution is -1.99. The van der Waals surface area contributed by atoms with E-state index in [1.54, 1.807) is 13.2 Å². The number of methoxy groups -OCH3 is 1. The molecule has 0 aliphatic rings. The van der Waals surface area contributed by atoms with Gasteiger partial charge < -0.3 is 9.84 Å². The van der Waals surface area contributed by atoms with Crippen LogP contribution in [-0.4, -0.2) is 28.4 Å². The van der Waals surface area contributed by atoms with Crippen molar-refractivity contribution in [1.29, 1.82) is 0 Å². The number of hydrogen-bond acceptors (Lipinski definition) is 3. The third-order valence-corrected chi connectivity index (χ3v) is 2.87. The van der Waals surface area contributed by atoms with Crippen LogP contribution in [0.2, 0.25) is 0 Å². The van der Waals surface area contributed by atoms with Crippen molar-refractivity contribution in [3.63, 3.8) is 0 Å². The quantitative estimate of drug-likeness (QED) is 0.884. The van der Waals surface area contributed by atoms with Crippen molar-refractivity contribution in [3.05, 3.63) is 35.0 Å². The van der Waals surface area contributed by atoms with Crippen molar-refractivity contribution in [3.8, 4) is 17.0 Å². The molecule has 0 saturated heterocycles. The minimum atomic E-state index is -0.886. The fraction of sp³-hybridized carbons (Fsp3) is 0.286. The number of carbonyl (C=O) groups is 1. The number of hydrogen-bond donors (Lipinski definition) is 2. The molecule has 2 N–H and O–H groups in total. The highest BCUT2D eigenvalue weighted by molar-refractivity contribution is 5.73. The Hall–Kier alpha value is -2.30. The van der Waals surface area contributed by atoms with Gasteiger partial charge in [-0.15, -0.1) is 0 Å². The Kier molecular flexibility index (Phi) is 3.55. The Morgan fingerprint density at radius 2 is 2.11 bits per heavy atom. The number of carboxylic acids is 1. The van der Waals surface area contributed by atoms with Gasteiger partial charge in [0.1, 0.15) is 5.75 Å². The predicted octanol–water partition coefficient (Wildman–Crippen LogP) is 2.33. The summed E-state index contributed by atoms with van der Waals surface area (Å²) in [5.41, 5.74) is 4.27. The number of aliphatic carboxylic acids is 1. The topological polar surface area (TPSA) is 75.2 Å². The highest BCUT2D eigenvalue weighted by Gasteiger charge is 2.13. The number of aryl methyl sites for hydroxylation is 2. The van der Waals surface area contributed by atoms with Gasteiger partial charge in [-0.25, -0.2) is 0 Å². The number of rotatable bonds is 4. The van der Waals surface area contributed by atoms with Gasteiger partial charge in [-0.2, -0.15) is 5.10 Å². The maximum atomic E-state index is 10.7. The monoisotopic (exact) mass is 260 g/mol. The Balaban J connectivity index is 2.46. The second-order valence-corrected chi connectivity index (χ2v) is 4.51. The first kappa shape index (κ1) is 13.1. The molecule has 19 heavy (non-hydrogen) atoms. The zero-order valence-electron chi connectivity index (χ0n) is 11.2. The van der Waals surface area contributed by atoms with Gasteiger partial charge in [0.15, 0.2) is 0 Å². The van der Waals surface area contributed by atoms with Crippen LogP contribution in [0.4, 0.5) is 0 Å². The number of aromatic nitrogens is 2. The summed E-state index contributed by atoms with van der Waals surface area (Å²) >= 11 is 0. The SMILES string of the molecule is COc1c(C)cc(C)cc1-c1cc(CC(=O)O)[nH]n1. The summed E-state index contributed by atoms with van der Waals surface area (Å²) < 4.78 is 5.41. The van der Waals surface area contributed by atoms with Crippen LogP contribution in [-0.2, 0) is 11.2 Å². The van der Waals surface area contributed by atoms with Gasteiger partial charge in [-0.3, -0.25) is 9.89 Å². The van der Waals surface area contributed by atoms with Gasteiger partial charge in [0.25, 0.3) is 0 Å². The molecule has 1 aromatic carbocycles. The Labute approximate surface area is 111 Å². The van der Waals surface area contributed by atoms with Gasteiger partial charge in [0.05, 0.1) is 19.2 Å². The molecule has 0 saturated carbocycles.